The predicted molar refractivity (Wildman–Crippen MR) is 105 cm³/mol. The molecule has 0 radical (unpaired) electrons. The lowest BCUT2D eigenvalue weighted by Gasteiger charge is -2.19. The van der Waals surface area contributed by atoms with E-state index in [4.69, 9.17) is 0 Å². The van der Waals surface area contributed by atoms with Gasteiger partial charge in [0.15, 0.2) is 0 Å². The molecular formula is C22H23N3O. The van der Waals surface area contributed by atoms with Crippen molar-refractivity contribution in [1.29, 1.82) is 0 Å². The van der Waals surface area contributed by atoms with E-state index < -0.39 is 0 Å². The Labute approximate surface area is 153 Å². The maximum absolute atomic E-state index is 12.8. The van der Waals surface area contributed by atoms with Crippen molar-refractivity contribution in [3.63, 3.8) is 0 Å². The molecule has 0 bridgehead atoms. The van der Waals surface area contributed by atoms with E-state index in [1.54, 1.807) is 0 Å². The van der Waals surface area contributed by atoms with Crippen LogP contribution in [-0.4, -0.2) is 33.4 Å². The standard InChI is InChI=1S/C22H23N3O/c1-16(14-18-8-4-3-5-9-18)22(26)24-13-12-19(15-24)25-17(2)23-20-10-6-7-11-21(20)25/h3-11,14,19H,12-13,15H2,1-2H3. The Hall–Kier alpha value is -2.88. The number of para-hydroxylation sites is 2. The first-order valence-corrected chi connectivity index (χ1v) is 9.09. The van der Waals surface area contributed by atoms with Gasteiger partial charge in [0, 0.05) is 18.7 Å². The van der Waals surface area contributed by atoms with Gasteiger partial charge in [-0.25, -0.2) is 4.98 Å². The number of hydrogen-bond donors (Lipinski definition) is 0. The van der Waals surface area contributed by atoms with Gasteiger partial charge < -0.3 is 9.47 Å². The third kappa shape index (κ3) is 3.03. The van der Waals surface area contributed by atoms with Gasteiger partial charge in [-0.3, -0.25) is 4.79 Å². The van der Waals surface area contributed by atoms with Crippen molar-refractivity contribution < 1.29 is 4.79 Å². The lowest BCUT2D eigenvalue weighted by atomic mass is 10.1. The van der Waals surface area contributed by atoms with Crippen molar-refractivity contribution in [3.8, 4) is 0 Å². The number of amides is 1. The fraction of sp³-hybridized carbons (Fsp3) is 0.273. The average molecular weight is 345 g/mol. The van der Waals surface area contributed by atoms with Crippen molar-refractivity contribution >= 4 is 23.0 Å². The van der Waals surface area contributed by atoms with Crippen LogP contribution in [-0.2, 0) is 4.79 Å². The number of hydrogen-bond acceptors (Lipinski definition) is 2. The van der Waals surface area contributed by atoms with Crippen LogP contribution in [0.1, 0.15) is 30.8 Å². The molecule has 132 valence electrons. The second-order valence-corrected chi connectivity index (χ2v) is 6.95. The fourth-order valence-electron chi connectivity index (χ4n) is 3.87. The van der Waals surface area contributed by atoms with Crippen molar-refractivity contribution in [2.24, 2.45) is 0 Å². The Morgan fingerprint density at radius 3 is 2.65 bits per heavy atom. The van der Waals surface area contributed by atoms with E-state index in [1.807, 2.05) is 73.4 Å². The van der Waals surface area contributed by atoms with Gasteiger partial charge in [-0.1, -0.05) is 42.5 Å². The molecule has 1 amide bonds. The zero-order valence-corrected chi connectivity index (χ0v) is 15.2. The lowest BCUT2D eigenvalue weighted by molar-refractivity contribution is -0.126. The zero-order chi connectivity index (χ0) is 18.1. The van der Waals surface area contributed by atoms with Gasteiger partial charge in [0.25, 0.3) is 0 Å². The van der Waals surface area contributed by atoms with E-state index >= 15 is 0 Å². The van der Waals surface area contributed by atoms with Gasteiger partial charge >= 0.3 is 0 Å². The zero-order valence-electron chi connectivity index (χ0n) is 15.2. The molecule has 3 aromatic rings. The summed E-state index contributed by atoms with van der Waals surface area (Å²) in [5.74, 6) is 1.14. The topological polar surface area (TPSA) is 38.1 Å². The monoisotopic (exact) mass is 345 g/mol. The summed E-state index contributed by atoms with van der Waals surface area (Å²) in [7, 11) is 0. The van der Waals surface area contributed by atoms with Crippen LogP contribution in [0.5, 0.6) is 0 Å². The lowest BCUT2D eigenvalue weighted by Crippen LogP contribution is -2.29. The molecule has 0 aliphatic carbocycles. The highest BCUT2D eigenvalue weighted by atomic mass is 16.2. The first-order chi connectivity index (χ1) is 12.6. The molecule has 4 nitrogen and oxygen atoms in total. The molecule has 4 heteroatoms. The normalized spacial score (nSPS) is 17.8. The van der Waals surface area contributed by atoms with E-state index in [0.29, 0.717) is 0 Å². The number of aryl methyl sites for hydroxylation is 1. The summed E-state index contributed by atoms with van der Waals surface area (Å²) in [5.41, 5.74) is 4.02. The Balaban J connectivity index is 1.54. The molecule has 26 heavy (non-hydrogen) atoms. The Bertz CT molecular complexity index is 971. The SMILES string of the molecule is CC(=Cc1ccccc1)C(=O)N1CCC(n2c(C)nc3ccccc32)C1. The number of rotatable bonds is 3. The number of carbonyl (C=O) groups excluding carboxylic acids is 1. The minimum absolute atomic E-state index is 0.124. The summed E-state index contributed by atoms with van der Waals surface area (Å²) in [5, 5.41) is 0. The molecule has 1 fully saturated rings. The van der Waals surface area contributed by atoms with E-state index in [-0.39, 0.29) is 11.9 Å². The third-order valence-electron chi connectivity index (χ3n) is 5.11. The molecule has 1 aromatic heterocycles. The molecule has 4 rings (SSSR count). The second-order valence-electron chi connectivity index (χ2n) is 6.95. The van der Waals surface area contributed by atoms with Crippen LogP contribution in [0.2, 0.25) is 0 Å². The van der Waals surface area contributed by atoms with E-state index in [1.165, 1.54) is 0 Å². The summed E-state index contributed by atoms with van der Waals surface area (Å²) in [6, 6.07) is 18.5. The second kappa shape index (κ2) is 6.79. The van der Waals surface area contributed by atoms with Crippen LogP contribution in [0.25, 0.3) is 17.1 Å². The minimum Gasteiger partial charge on any atom is -0.337 e. The fourth-order valence-corrected chi connectivity index (χ4v) is 3.87. The molecule has 1 aliphatic rings. The molecule has 1 saturated heterocycles. The van der Waals surface area contributed by atoms with Crippen LogP contribution in [0.3, 0.4) is 0 Å². The smallest absolute Gasteiger partial charge is 0.249 e. The van der Waals surface area contributed by atoms with Gasteiger partial charge in [-0.05, 0) is 44.0 Å². The number of imidazole rings is 1. The molecule has 1 unspecified atom stereocenters. The molecular weight excluding hydrogens is 322 g/mol. The summed E-state index contributed by atoms with van der Waals surface area (Å²) < 4.78 is 2.29. The van der Waals surface area contributed by atoms with Crippen molar-refractivity contribution in [3.05, 3.63) is 71.6 Å². The van der Waals surface area contributed by atoms with Crippen molar-refractivity contribution in [2.75, 3.05) is 13.1 Å². The Morgan fingerprint density at radius 1 is 1.12 bits per heavy atom. The third-order valence-corrected chi connectivity index (χ3v) is 5.11. The van der Waals surface area contributed by atoms with Crippen molar-refractivity contribution in [1.82, 2.24) is 14.5 Å². The summed E-state index contributed by atoms with van der Waals surface area (Å²) >= 11 is 0. The number of likely N-dealkylation sites (tertiary alicyclic amines) is 1. The van der Waals surface area contributed by atoms with E-state index in [9.17, 15) is 4.79 Å². The van der Waals surface area contributed by atoms with E-state index in [0.717, 1.165) is 47.5 Å². The molecule has 2 heterocycles. The van der Waals surface area contributed by atoms with Crippen LogP contribution in [0.4, 0.5) is 0 Å². The van der Waals surface area contributed by atoms with Gasteiger partial charge in [0.2, 0.25) is 5.91 Å². The first kappa shape index (κ1) is 16.6. The van der Waals surface area contributed by atoms with Crippen LogP contribution >= 0.6 is 0 Å². The van der Waals surface area contributed by atoms with Crippen LogP contribution in [0, 0.1) is 6.92 Å². The van der Waals surface area contributed by atoms with Gasteiger partial charge in [-0.15, -0.1) is 0 Å². The maximum Gasteiger partial charge on any atom is 0.249 e. The van der Waals surface area contributed by atoms with Crippen molar-refractivity contribution in [2.45, 2.75) is 26.3 Å². The predicted octanol–water partition coefficient (Wildman–Crippen LogP) is 4.22. The van der Waals surface area contributed by atoms with Gasteiger partial charge in [-0.2, -0.15) is 0 Å². The Morgan fingerprint density at radius 2 is 1.85 bits per heavy atom. The number of benzene rings is 2. The Kier molecular flexibility index (Phi) is 4.33. The molecule has 1 atom stereocenters. The molecule has 0 saturated carbocycles. The van der Waals surface area contributed by atoms with Gasteiger partial charge in [0.05, 0.1) is 17.1 Å². The molecule has 1 aliphatic heterocycles. The number of nitrogens with zero attached hydrogens (tertiary/aromatic N) is 3. The average Bonchev–Trinajstić information content (AvgIpc) is 3.25. The quantitative estimate of drug-likeness (QED) is 0.667. The number of aromatic nitrogens is 2. The van der Waals surface area contributed by atoms with E-state index in [2.05, 4.69) is 15.6 Å². The van der Waals surface area contributed by atoms with Crippen LogP contribution in [0.15, 0.2) is 60.2 Å². The van der Waals surface area contributed by atoms with Gasteiger partial charge in [0.1, 0.15) is 5.82 Å². The number of fused-ring (bicyclic) bond motifs is 1. The highest BCUT2D eigenvalue weighted by Gasteiger charge is 2.29. The molecule has 0 spiro atoms. The maximum atomic E-state index is 12.8. The highest BCUT2D eigenvalue weighted by Crippen LogP contribution is 2.28. The molecule has 2 aromatic carbocycles. The van der Waals surface area contributed by atoms with Crippen LogP contribution < -0.4 is 0 Å². The molecule has 0 N–H and O–H groups in total. The first-order valence-electron chi connectivity index (χ1n) is 9.09. The summed E-state index contributed by atoms with van der Waals surface area (Å²) in [6.45, 7) is 5.47. The largest absolute Gasteiger partial charge is 0.337 e. The minimum atomic E-state index is 0.124. The number of carbonyl (C=O) groups is 1. The highest BCUT2D eigenvalue weighted by molar-refractivity contribution is 5.97. The summed E-state index contributed by atoms with van der Waals surface area (Å²) in [6.07, 6.45) is 2.93. The summed E-state index contributed by atoms with van der Waals surface area (Å²) in [4.78, 5) is 19.5.